The van der Waals surface area contributed by atoms with Gasteiger partial charge < -0.3 is 10.4 Å². The first-order valence-corrected chi connectivity index (χ1v) is 3.06. The molecule has 0 aromatic rings. The normalized spacial score (nSPS) is 12.6. The standard InChI is InChI=1S/C6H11NO3/c1-3-4(8)5(7-2)6(9)10/h5,7H,3H2,1-2H3,(H,9,10). The summed E-state index contributed by atoms with van der Waals surface area (Å²) in [6, 6.07) is -1.04. The van der Waals surface area contributed by atoms with Gasteiger partial charge in [-0.2, -0.15) is 0 Å². The maximum Gasteiger partial charge on any atom is 0.328 e. The Morgan fingerprint density at radius 2 is 2.10 bits per heavy atom. The van der Waals surface area contributed by atoms with Gasteiger partial charge in [-0.15, -0.1) is 0 Å². The van der Waals surface area contributed by atoms with Crippen LogP contribution in [-0.2, 0) is 9.59 Å². The van der Waals surface area contributed by atoms with Gasteiger partial charge in [-0.3, -0.25) is 9.59 Å². The number of nitrogens with one attached hydrogen (secondary N) is 1. The van der Waals surface area contributed by atoms with Crippen molar-refractivity contribution in [2.45, 2.75) is 19.4 Å². The van der Waals surface area contributed by atoms with E-state index >= 15 is 0 Å². The van der Waals surface area contributed by atoms with Crippen LogP contribution >= 0.6 is 0 Å². The lowest BCUT2D eigenvalue weighted by Crippen LogP contribution is -2.40. The maximum atomic E-state index is 10.7. The van der Waals surface area contributed by atoms with Crippen molar-refractivity contribution in [1.82, 2.24) is 5.32 Å². The van der Waals surface area contributed by atoms with Gasteiger partial charge >= 0.3 is 5.97 Å². The molecule has 0 aromatic carbocycles. The van der Waals surface area contributed by atoms with Gasteiger partial charge in [-0.1, -0.05) is 6.92 Å². The monoisotopic (exact) mass is 145 g/mol. The van der Waals surface area contributed by atoms with Crippen LogP contribution in [0.1, 0.15) is 13.3 Å². The summed E-state index contributed by atoms with van der Waals surface area (Å²) in [5.74, 6) is -1.41. The number of carboxylic acid groups (broad SMARTS) is 1. The molecular weight excluding hydrogens is 134 g/mol. The number of hydrogen-bond donors (Lipinski definition) is 2. The molecule has 1 unspecified atom stereocenters. The first-order valence-electron chi connectivity index (χ1n) is 3.06. The van der Waals surface area contributed by atoms with E-state index in [0.717, 1.165) is 0 Å². The number of hydrogen-bond acceptors (Lipinski definition) is 3. The molecule has 4 nitrogen and oxygen atoms in total. The predicted molar refractivity (Wildman–Crippen MR) is 35.8 cm³/mol. The molecule has 0 fully saturated rings. The van der Waals surface area contributed by atoms with Crippen LogP contribution in [0.4, 0.5) is 0 Å². The van der Waals surface area contributed by atoms with Crippen molar-refractivity contribution in [3.8, 4) is 0 Å². The zero-order valence-corrected chi connectivity index (χ0v) is 6.05. The fourth-order valence-electron chi connectivity index (χ4n) is 0.626. The molecule has 58 valence electrons. The summed E-state index contributed by atoms with van der Waals surface area (Å²) in [5, 5.41) is 10.8. The Kier molecular flexibility index (Phi) is 3.64. The molecule has 0 aliphatic carbocycles. The number of rotatable bonds is 4. The van der Waals surface area contributed by atoms with Crippen LogP contribution in [0.5, 0.6) is 0 Å². The van der Waals surface area contributed by atoms with Crippen molar-refractivity contribution in [1.29, 1.82) is 0 Å². The quantitative estimate of drug-likeness (QED) is 0.530. The molecule has 1 atom stereocenters. The Bertz CT molecular complexity index is 144. The van der Waals surface area contributed by atoms with Gasteiger partial charge in [-0.25, -0.2) is 0 Å². The van der Waals surface area contributed by atoms with E-state index in [1.165, 1.54) is 7.05 Å². The first-order chi connectivity index (χ1) is 4.63. The highest BCUT2D eigenvalue weighted by molar-refractivity contribution is 6.02. The lowest BCUT2D eigenvalue weighted by atomic mass is 10.1. The molecule has 0 saturated carbocycles. The molecular formula is C6H11NO3. The van der Waals surface area contributed by atoms with Crippen molar-refractivity contribution in [2.75, 3.05) is 7.05 Å². The molecule has 0 spiro atoms. The number of ketones is 1. The van der Waals surface area contributed by atoms with Gasteiger partial charge in [0.1, 0.15) is 0 Å². The maximum absolute atomic E-state index is 10.7. The molecule has 2 N–H and O–H groups in total. The number of carbonyl (C=O) groups is 2. The van der Waals surface area contributed by atoms with E-state index < -0.39 is 12.0 Å². The van der Waals surface area contributed by atoms with Gasteiger partial charge in [0.2, 0.25) is 0 Å². The van der Waals surface area contributed by atoms with Crippen LogP contribution in [0, 0.1) is 0 Å². The van der Waals surface area contributed by atoms with Crippen LogP contribution in [-0.4, -0.2) is 29.9 Å². The molecule has 0 aliphatic rings. The molecule has 0 amide bonds. The average Bonchev–Trinajstić information content (AvgIpc) is 1.88. The van der Waals surface area contributed by atoms with E-state index in [4.69, 9.17) is 5.11 Å². The Morgan fingerprint density at radius 1 is 1.60 bits per heavy atom. The predicted octanol–water partition coefficient (Wildman–Crippen LogP) is -0.362. The summed E-state index contributed by atoms with van der Waals surface area (Å²) in [6.45, 7) is 1.63. The summed E-state index contributed by atoms with van der Waals surface area (Å²) >= 11 is 0. The fraction of sp³-hybridized carbons (Fsp3) is 0.667. The third-order valence-electron chi connectivity index (χ3n) is 1.21. The molecule has 0 bridgehead atoms. The first kappa shape index (κ1) is 9.10. The second kappa shape index (κ2) is 4.00. The fourth-order valence-corrected chi connectivity index (χ4v) is 0.626. The summed E-state index contributed by atoms with van der Waals surface area (Å²) in [4.78, 5) is 21.0. The Balaban J connectivity index is 4.06. The molecule has 0 aliphatic heterocycles. The number of carbonyl (C=O) groups excluding carboxylic acids is 1. The zero-order chi connectivity index (χ0) is 8.15. The SMILES string of the molecule is CCC(=O)C(NC)C(=O)O. The topological polar surface area (TPSA) is 66.4 Å². The van der Waals surface area contributed by atoms with Gasteiger partial charge in [0.25, 0.3) is 0 Å². The molecule has 0 radical (unpaired) electrons. The molecule has 4 heteroatoms. The van der Waals surface area contributed by atoms with Crippen molar-refractivity contribution < 1.29 is 14.7 Å². The van der Waals surface area contributed by atoms with E-state index in [0.29, 0.717) is 0 Å². The molecule has 0 saturated heterocycles. The molecule has 0 rings (SSSR count). The third-order valence-corrected chi connectivity index (χ3v) is 1.21. The lowest BCUT2D eigenvalue weighted by Gasteiger charge is -2.06. The zero-order valence-electron chi connectivity index (χ0n) is 6.05. The molecule has 10 heavy (non-hydrogen) atoms. The molecule has 0 heterocycles. The summed E-state index contributed by atoms with van der Waals surface area (Å²) < 4.78 is 0. The van der Waals surface area contributed by atoms with Gasteiger partial charge in [-0.05, 0) is 7.05 Å². The Hall–Kier alpha value is -0.900. The van der Waals surface area contributed by atoms with E-state index in [1.54, 1.807) is 6.92 Å². The van der Waals surface area contributed by atoms with Crippen LogP contribution in [0.2, 0.25) is 0 Å². The smallest absolute Gasteiger partial charge is 0.328 e. The Labute approximate surface area is 59.2 Å². The minimum Gasteiger partial charge on any atom is -0.480 e. The Morgan fingerprint density at radius 3 is 2.20 bits per heavy atom. The van der Waals surface area contributed by atoms with E-state index in [-0.39, 0.29) is 12.2 Å². The van der Waals surface area contributed by atoms with Crippen LogP contribution < -0.4 is 5.32 Å². The minimum absolute atomic E-state index is 0.248. The third kappa shape index (κ3) is 2.14. The van der Waals surface area contributed by atoms with Gasteiger partial charge in [0, 0.05) is 6.42 Å². The van der Waals surface area contributed by atoms with Crippen LogP contribution in [0.15, 0.2) is 0 Å². The van der Waals surface area contributed by atoms with E-state index in [2.05, 4.69) is 5.32 Å². The average molecular weight is 145 g/mol. The van der Waals surface area contributed by atoms with E-state index in [1.807, 2.05) is 0 Å². The second-order valence-electron chi connectivity index (χ2n) is 1.88. The van der Waals surface area contributed by atoms with Crippen LogP contribution in [0.25, 0.3) is 0 Å². The number of aliphatic carboxylic acids is 1. The molecule has 0 aromatic heterocycles. The highest BCUT2D eigenvalue weighted by Gasteiger charge is 2.21. The minimum atomic E-state index is -1.12. The highest BCUT2D eigenvalue weighted by Crippen LogP contribution is 1.89. The van der Waals surface area contributed by atoms with Crippen molar-refractivity contribution in [3.63, 3.8) is 0 Å². The summed E-state index contributed by atoms with van der Waals surface area (Å²) in [6.07, 6.45) is 0.248. The van der Waals surface area contributed by atoms with Crippen molar-refractivity contribution >= 4 is 11.8 Å². The second-order valence-corrected chi connectivity index (χ2v) is 1.88. The summed E-state index contributed by atoms with van der Waals surface area (Å²) in [7, 11) is 1.45. The van der Waals surface area contributed by atoms with Crippen LogP contribution in [0.3, 0.4) is 0 Å². The van der Waals surface area contributed by atoms with Crippen molar-refractivity contribution in [3.05, 3.63) is 0 Å². The van der Waals surface area contributed by atoms with E-state index in [9.17, 15) is 9.59 Å². The largest absolute Gasteiger partial charge is 0.480 e. The van der Waals surface area contributed by atoms with Gasteiger partial charge in [0.15, 0.2) is 11.8 Å². The number of Topliss-reactive ketones (excluding diaryl/α,β-unsaturated/α-hetero) is 1. The lowest BCUT2D eigenvalue weighted by molar-refractivity contribution is -0.143. The highest BCUT2D eigenvalue weighted by atomic mass is 16.4. The number of carboxylic acids is 1. The summed E-state index contributed by atoms with van der Waals surface area (Å²) in [5.41, 5.74) is 0. The number of likely N-dealkylation sites (N-methyl/N-ethyl adjacent to an activating group) is 1. The van der Waals surface area contributed by atoms with Crippen molar-refractivity contribution in [2.24, 2.45) is 0 Å². The van der Waals surface area contributed by atoms with Gasteiger partial charge in [0.05, 0.1) is 0 Å².